The summed E-state index contributed by atoms with van der Waals surface area (Å²) in [4.78, 5) is 27.7. The van der Waals surface area contributed by atoms with Gasteiger partial charge in [-0.25, -0.2) is 8.42 Å². The molecule has 0 aliphatic carbocycles. The summed E-state index contributed by atoms with van der Waals surface area (Å²) < 4.78 is 26.1. The van der Waals surface area contributed by atoms with Crippen molar-refractivity contribution in [2.75, 3.05) is 31.1 Å². The van der Waals surface area contributed by atoms with Crippen molar-refractivity contribution in [3.63, 3.8) is 0 Å². The quantitative estimate of drug-likeness (QED) is 0.361. The number of nitro groups is 1. The Balaban J connectivity index is 1.53. The molecule has 0 bridgehead atoms. The zero-order valence-corrected chi connectivity index (χ0v) is 21.4. The van der Waals surface area contributed by atoms with Gasteiger partial charge >= 0.3 is 0 Å². The fraction of sp³-hybridized carbons (Fsp3) is 0.296. The van der Waals surface area contributed by atoms with Crippen LogP contribution in [0.2, 0.25) is 0 Å². The fourth-order valence-corrected chi connectivity index (χ4v) is 6.05. The molecule has 1 saturated heterocycles. The molecule has 0 radical (unpaired) electrons. The predicted octanol–water partition coefficient (Wildman–Crippen LogP) is 4.46. The Morgan fingerprint density at radius 3 is 2.28 bits per heavy atom. The highest BCUT2D eigenvalue weighted by molar-refractivity contribution is 7.90. The largest absolute Gasteiger partial charge is 0.368 e. The SMILES string of the molecule is Cc1cccc(CS(=O)(=O)c2ccc(C(=O)N3CCN(c4cc(C)ccc4C)CC3)cc2[N+](=O)[O-])c1. The molecule has 1 aliphatic heterocycles. The second-order valence-electron chi connectivity index (χ2n) is 9.26. The maximum Gasteiger partial charge on any atom is 0.288 e. The number of amides is 1. The number of sulfone groups is 1. The van der Waals surface area contributed by atoms with Gasteiger partial charge in [0.25, 0.3) is 11.6 Å². The summed E-state index contributed by atoms with van der Waals surface area (Å²) in [5.41, 5.74) is 4.44. The van der Waals surface area contributed by atoms with E-state index in [0.29, 0.717) is 31.7 Å². The second-order valence-corrected chi connectivity index (χ2v) is 11.2. The number of nitrogens with zero attached hydrogens (tertiary/aromatic N) is 3. The van der Waals surface area contributed by atoms with Gasteiger partial charge in [0.05, 0.1) is 10.7 Å². The van der Waals surface area contributed by atoms with Gasteiger partial charge in [0, 0.05) is 43.5 Å². The Morgan fingerprint density at radius 2 is 1.61 bits per heavy atom. The topological polar surface area (TPSA) is 101 Å². The van der Waals surface area contributed by atoms with E-state index in [1.807, 2.05) is 19.9 Å². The smallest absolute Gasteiger partial charge is 0.288 e. The van der Waals surface area contributed by atoms with Gasteiger partial charge in [0.15, 0.2) is 9.84 Å². The van der Waals surface area contributed by atoms with Crippen LogP contribution in [0.5, 0.6) is 0 Å². The van der Waals surface area contributed by atoms with Crippen LogP contribution in [0.25, 0.3) is 0 Å². The van der Waals surface area contributed by atoms with E-state index in [9.17, 15) is 23.3 Å². The maximum atomic E-state index is 13.2. The van der Waals surface area contributed by atoms with Crippen LogP contribution in [0.3, 0.4) is 0 Å². The number of nitro benzene ring substituents is 1. The Kier molecular flexibility index (Phi) is 7.12. The van der Waals surface area contributed by atoms with Gasteiger partial charge in [0.2, 0.25) is 0 Å². The lowest BCUT2D eigenvalue weighted by Crippen LogP contribution is -2.49. The van der Waals surface area contributed by atoms with Crippen molar-refractivity contribution in [3.8, 4) is 0 Å². The van der Waals surface area contributed by atoms with E-state index in [2.05, 4.69) is 30.0 Å². The highest BCUT2D eigenvalue weighted by Crippen LogP contribution is 2.29. The van der Waals surface area contributed by atoms with Gasteiger partial charge in [-0.1, -0.05) is 42.0 Å². The molecule has 8 nitrogen and oxygen atoms in total. The summed E-state index contributed by atoms with van der Waals surface area (Å²) in [7, 11) is -3.99. The van der Waals surface area contributed by atoms with Crippen molar-refractivity contribution < 1.29 is 18.1 Å². The van der Waals surface area contributed by atoms with Crippen molar-refractivity contribution >= 4 is 27.1 Å². The number of hydrogen-bond acceptors (Lipinski definition) is 6. The van der Waals surface area contributed by atoms with E-state index >= 15 is 0 Å². The van der Waals surface area contributed by atoms with Crippen LogP contribution in [0.1, 0.15) is 32.6 Å². The minimum atomic E-state index is -3.99. The van der Waals surface area contributed by atoms with E-state index in [1.165, 1.54) is 23.3 Å². The van der Waals surface area contributed by atoms with Gasteiger partial charge in [-0.15, -0.1) is 0 Å². The summed E-state index contributed by atoms with van der Waals surface area (Å²) >= 11 is 0. The van der Waals surface area contributed by atoms with Crippen LogP contribution in [-0.2, 0) is 15.6 Å². The molecule has 1 heterocycles. The molecule has 4 rings (SSSR count). The minimum Gasteiger partial charge on any atom is -0.368 e. The molecule has 0 unspecified atom stereocenters. The van der Waals surface area contributed by atoms with Gasteiger partial charge in [-0.3, -0.25) is 14.9 Å². The minimum absolute atomic E-state index is 0.108. The molecule has 9 heteroatoms. The summed E-state index contributed by atoms with van der Waals surface area (Å²) in [5, 5.41) is 11.8. The van der Waals surface area contributed by atoms with E-state index < -0.39 is 20.4 Å². The number of rotatable bonds is 6. The van der Waals surface area contributed by atoms with Gasteiger partial charge in [-0.05, 0) is 55.7 Å². The van der Waals surface area contributed by atoms with Crippen LogP contribution in [0, 0.1) is 30.9 Å². The van der Waals surface area contributed by atoms with Crippen LogP contribution < -0.4 is 4.90 Å². The Bertz CT molecular complexity index is 1430. The zero-order valence-electron chi connectivity index (χ0n) is 20.6. The fourth-order valence-electron chi connectivity index (χ4n) is 4.55. The van der Waals surface area contributed by atoms with Crippen LogP contribution >= 0.6 is 0 Å². The van der Waals surface area contributed by atoms with Crippen molar-refractivity contribution in [2.45, 2.75) is 31.4 Å². The molecule has 188 valence electrons. The molecule has 1 fully saturated rings. The first-order valence-electron chi connectivity index (χ1n) is 11.7. The third-order valence-electron chi connectivity index (χ3n) is 6.45. The van der Waals surface area contributed by atoms with Crippen molar-refractivity contribution in [1.29, 1.82) is 0 Å². The normalized spacial score (nSPS) is 14.1. The molecule has 0 saturated carbocycles. The van der Waals surface area contributed by atoms with Gasteiger partial charge in [0.1, 0.15) is 4.90 Å². The average Bonchev–Trinajstić information content (AvgIpc) is 2.84. The molecule has 1 aliphatic rings. The molecule has 3 aromatic carbocycles. The number of benzene rings is 3. The third kappa shape index (κ3) is 5.41. The maximum absolute atomic E-state index is 13.2. The van der Waals surface area contributed by atoms with E-state index in [0.717, 1.165) is 17.3 Å². The predicted molar refractivity (Wildman–Crippen MR) is 139 cm³/mol. The molecule has 0 spiro atoms. The lowest BCUT2D eigenvalue weighted by atomic mass is 10.1. The monoisotopic (exact) mass is 507 g/mol. The van der Waals surface area contributed by atoms with Gasteiger partial charge in [-0.2, -0.15) is 0 Å². The van der Waals surface area contributed by atoms with Crippen LogP contribution in [-0.4, -0.2) is 50.3 Å². The molecule has 36 heavy (non-hydrogen) atoms. The molecule has 0 atom stereocenters. The van der Waals surface area contributed by atoms with Crippen LogP contribution in [0.15, 0.2) is 65.6 Å². The molecule has 0 N–H and O–H groups in total. The second kappa shape index (κ2) is 10.1. The number of carbonyl (C=O) groups excluding carboxylic acids is 1. The van der Waals surface area contributed by atoms with Crippen LogP contribution in [0.4, 0.5) is 11.4 Å². The van der Waals surface area contributed by atoms with E-state index in [4.69, 9.17) is 0 Å². The first-order valence-corrected chi connectivity index (χ1v) is 13.4. The number of piperazine rings is 1. The molecule has 0 aromatic heterocycles. The molecular formula is C27H29N3O5S. The highest BCUT2D eigenvalue weighted by Gasteiger charge is 2.30. The number of anilines is 1. The first-order chi connectivity index (χ1) is 17.0. The summed E-state index contributed by atoms with van der Waals surface area (Å²) in [6.07, 6.45) is 0. The molecule has 3 aromatic rings. The number of carbonyl (C=O) groups is 1. The lowest BCUT2D eigenvalue weighted by Gasteiger charge is -2.37. The summed E-state index contributed by atoms with van der Waals surface area (Å²) in [6, 6.07) is 16.9. The highest BCUT2D eigenvalue weighted by atomic mass is 32.2. The zero-order chi connectivity index (χ0) is 26.0. The van der Waals surface area contributed by atoms with E-state index in [1.54, 1.807) is 23.1 Å². The standard InChI is InChI=1S/C27H29N3O5S/c1-19-5-4-6-22(15-19)18-36(34,35)26-10-9-23(17-25(26)30(32)33)27(31)29-13-11-28(12-14-29)24-16-20(2)7-8-21(24)3/h4-10,15-17H,11-14,18H2,1-3H3. The number of hydrogen-bond donors (Lipinski definition) is 0. The Hall–Kier alpha value is -3.72. The molecule has 1 amide bonds. The summed E-state index contributed by atoms with van der Waals surface area (Å²) in [5.74, 6) is -0.704. The van der Waals surface area contributed by atoms with E-state index in [-0.39, 0.29) is 22.1 Å². The Labute approximate surface area is 211 Å². The van der Waals surface area contributed by atoms with Crippen molar-refractivity contribution in [1.82, 2.24) is 4.90 Å². The third-order valence-corrected chi connectivity index (χ3v) is 8.18. The first kappa shape index (κ1) is 25.4. The van der Waals surface area contributed by atoms with Gasteiger partial charge < -0.3 is 9.80 Å². The Morgan fingerprint density at radius 1 is 0.917 bits per heavy atom. The average molecular weight is 508 g/mol. The van der Waals surface area contributed by atoms with Crippen molar-refractivity contribution in [2.24, 2.45) is 0 Å². The molecular weight excluding hydrogens is 478 g/mol. The lowest BCUT2D eigenvalue weighted by molar-refractivity contribution is -0.387. The summed E-state index contributed by atoms with van der Waals surface area (Å²) in [6.45, 7) is 8.16. The number of aryl methyl sites for hydroxylation is 3. The van der Waals surface area contributed by atoms with Crippen molar-refractivity contribution in [3.05, 3.63) is 98.6 Å².